The van der Waals surface area contributed by atoms with E-state index in [9.17, 15) is 0 Å². The van der Waals surface area contributed by atoms with E-state index < -0.39 is 0 Å². The van der Waals surface area contributed by atoms with Crippen molar-refractivity contribution in [2.24, 2.45) is 7.05 Å². The molecule has 0 fully saturated rings. The van der Waals surface area contributed by atoms with E-state index in [-0.39, 0.29) is 0 Å². The summed E-state index contributed by atoms with van der Waals surface area (Å²) in [5.41, 5.74) is 0. The molecule has 0 saturated heterocycles. The van der Waals surface area contributed by atoms with Crippen molar-refractivity contribution in [3.05, 3.63) is 12.4 Å². The Morgan fingerprint density at radius 1 is 1.90 bits per heavy atom. The van der Waals surface area contributed by atoms with Gasteiger partial charge >= 0.3 is 0 Å². The minimum atomic E-state index is 0.492. The van der Waals surface area contributed by atoms with Crippen molar-refractivity contribution in [2.75, 3.05) is 5.75 Å². The zero-order chi connectivity index (χ0) is 7.40. The van der Waals surface area contributed by atoms with Gasteiger partial charge in [0, 0.05) is 18.1 Å². The molecule has 10 heavy (non-hydrogen) atoms. The predicted molar refractivity (Wildman–Crippen MR) is 39.5 cm³/mol. The molecule has 0 amide bonds. The van der Waals surface area contributed by atoms with Crippen LogP contribution in [0.15, 0.2) is 17.3 Å². The molecular formula is C6H7N3S. The summed E-state index contributed by atoms with van der Waals surface area (Å²) >= 11 is 1.50. The maximum absolute atomic E-state index is 8.24. The first kappa shape index (κ1) is 7.16. The van der Waals surface area contributed by atoms with Crippen molar-refractivity contribution in [1.82, 2.24) is 9.78 Å². The molecule has 1 aromatic rings. The van der Waals surface area contributed by atoms with Crippen LogP contribution in [0.5, 0.6) is 0 Å². The highest BCUT2D eigenvalue weighted by atomic mass is 32.2. The standard InChI is InChI=1S/C6H7N3S/c1-9-5-6(4-8-9)10-3-2-7/h4-5H,3H2,1H3. The molecule has 0 atom stereocenters. The highest BCUT2D eigenvalue weighted by Gasteiger charge is 1.93. The highest BCUT2D eigenvalue weighted by molar-refractivity contribution is 7.99. The molecule has 0 aliphatic rings. The molecule has 0 N–H and O–H groups in total. The molecule has 0 bridgehead atoms. The maximum Gasteiger partial charge on any atom is 0.0856 e. The van der Waals surface area contributed by atoms with E-state index in [2.05, 4.69) is 11.2 Å². The number of thioether (sulfide) groups is 1. The predicted octanol–water partition coefficient (Wildman–Crippen LogP) is 1.04. The van der Waals surface area contributed by atoms with Gasteiger partial charge in [-0.2, -0.15) is 10.4 Å². The van der Waals surface area contributed by atoms with Gasteiger partial charge in [-0.25, -0.2) is 0 Å². The summed E-state index contributed by atoms with van der Waals surface area (Å²) in [5, 5.41) is 12.2. The van der Waals surface area contributed by atoms with Crippen molar-refractivity contribution >= 4 is 11.8 Å². The molecule has 0 aliphatic carbocycles. The third kappa shape index (κ3) is 1.78. The fourth-order valence-electron chi connectivity index (χ4n) is 0.589. The number of hydrogen-bond donors (Lipinski definition) is 0. The van der Waals surface area contributed by atoms with Crippen LogP contribution in [0, 0.1) is 11.3 Å². The van der Waals surface area contributed by atoms with E-state index in [0.29, 0.717) is 5.75 Å². The van der Waals surface area contributed by atoms with Crippen LogP contribution < -0.4 is 0 Å². The number of hydrogen-bond acceptors (Lipinski definition) is 3. The SMILES string of the molecule is Cn1cc(SCC#N)cn1. The second-order valence-corrected chi connectivity index (χ2v) is 2.85. The van der Waals surface area contributed by atoms with Crippen LogP contribution in [0.25, 0.3) is 0 Å². The molecule has 0 unspecified atom stereocenters. The lowest BCUT2D eigenvalue weighted by Crippen LogP contribution is -1.83. The van der Waals surface area contributed by atoms with Gasteiger partial charge in [-0.3, -0.25) is 4.68 Å². The summed E-state index contributed by atoms with van der Waals surface area (Å²) in [5.74, 6) is 0.492. The normalized spacial score (nSPS) is 9.20. The molecule has 52 valence electrons. The average Bonchev–Trinajstić information content (AvgIpc) is 2.31. The largest absolute Gasteiger partial charge is 0.275 e. The van der Waals surface area contributed by atoms with Gasteiger partial charge in [-0.05, 0) is 0 Å². The average molecular weight is 153 g/mol. The second-order valence-electron chi connectivity index (χ2n) is 1.80. The topological polar surface area (TPSA) is 41.6 Å². The Labute approximate surface area is 63.6 Å². The Bertz CT molecular complexity index is 248. The zero-order valence-corrected chi connectivity index (χ0v) is 6.43. The number of aromatic nitrogens is 2. The summed E-state index contributed by atoms with van der Waals surface area (Å²) in [4.78, 5) is 1.05. The van der Waals surface area contributed by atoms with E-state index >= 15 is 0 Å². The number of nitriles is 1. The van der Waals surface area contributed by atoms with Crippen LogP contribution in [-0.2, 0) is 7.05 Å². The summed E-state index contributed by atoms with van der Waals surface area (Å²) in [7, 11) is 1.86. The van der Waals surface area contributed by atoms with Crippen LogP contribution in [-0.4, -0.2) is 15.5 Å². The molecule has 1 aromatic heterocycles. The van der Waals surface area contributed by atoms with E-state index in [1.165, 1.54) is 11.8 Å². The molecule has 4 heteroatoms. The first-order valence-electron chi connectivity index (χ1n) is 2.81. The van der Waals surface area contributed by atoms with Crippen LogP contribution >= 0.6 is 11.8 Å². The fourth-order valence-corrected chi connectivity index (χ4v) is 1.17. The van der Waals surface area contributed by atoms with Crippen LogP contribution in [0.4, 0.5) is 0 Å². The van der Waals surface area contributed by atoms with E-state index in [1.54, 1.807) is 10.9 Å². The third-order valence-electron chi connectivity index (χ3n) is 0.985. The highest BCUT2D eigenvalue weighted by Crippen LogP contribution is 2.14. The molecular weight excluding hydrogens is 146 g/mol. The molecule has 0 aromatic carbocycles. The van der Waals surface area contributed by atoms with Gasteiger partial charge in [0.1, 0.15) is 0 Å². The Morgan fingerprint density at radius 2 is 2.70 bits per heavy atom. The number of nitrogens with zero attached hydrogens (tertiary/aromatic N) is 3. The maximum atomic E-state index is 8.24. The Hall–Kier alpha value is -0.950. The first-order chi connectivity index (χ1) is 4.83. The van der Waals surface area contributed by atoms with E-state index in [0.717, 1.165) is 4.90 Å². The molecule has 1 heterocycles. The van der Waals surface area contributed by atoms with Crippen LogP contribution in [0.1, 0.15) is 0 Å². The molecule has 0 aliphatic heterocycles. The van der Waals surface area contributed by atoms with Gasteiger partial charge in [0.15, 0.2) is 0 Å². The molecule has 0 spiro atoms. The Morgan fingerprint density at radius 3 is 3.20 bits per heavy atom. The zero-order valence-electron chi connectivity index (χ0n) is 5.61. The number of rotatable bonds is 2. The molecule has 1 rings (SSSR count). The lowest BCUT2D eigenvalue weighted by Gasteiger charge is -1.85. The Balaban J connectivity index is 2.52. The van der Waals surface area contributed by atoms with Crippen molar-refractivity contribution in [2.45, 2.75) is 4.90 Å². The van der Waals surface area contributed by atoms with Crippen LogP contribution in [0.2, 0.25) is 0 Å². The number of aryl methyl sites for hydroxylation is 1. The first-order valence-corrected chi connectivity index (χ1v) is 3.80. The van der Waals surface area contributed by atoms with Crippen molar-refractivity contribution in [1.29, 1.82) is 5.26 Å². The van der Waals surface area contributed by atoms with E-state index in [1.807, 2.05) is 13.2 Å². The quantitative estimate of drug-likeness (QED) is 0.596. The smallest absolute Gasteiger partial charge is 0.0856 e. The van der Waals surface area contributed by atoms with Crippen LogP contribution in [0.3, 0.4) is 0 Å². The van der Waals surface area contributed by atoms with E-state index in [4.69, 9.17) is 5.26 Å². The molecule has 0 radical (unpaired) electrons. The summed E-state index contributed by atoms with van der Waals surface area (Å²) in [6.45, 7) is 0. The molecule has 0 saturated carbocycles. The van der Waals surface area contributed by atoms with Gasteiger partial charge in [0.25, 0.3) is 0 Å². The lowest BCUT2D eigenvalue weighted by molar-refractivity contribution is 0.766. The van der Waals surface area contributed by atoms with Gasteiger partial charge < -0.3 is 0 Å². The minimum absolute atomic E-state index is 0.492. The van der Waals surface area contributed by atoms with Gasteiger partial charge in [0.05, 0.1) is 18.0 Å². The van der Waals surface area contributed by atoms with Crippen molar-refractivity contribution in [3.8, 4) is 6.07 Å². The van der Waals surface area contributed by atoms with Gasteiger partial charge in [0.2, 0.25) is 0 Å². The minimum Gasteiger partial charge on any atom is -0.275 e. The molecule has 3 nitrogen and oxygen atoms in total. The summed E-state index contributed by atoms with van der Waals surface area (Å²) in [6, 6.07) is 2.05. The van der Waals surface area contributed by atoms with Gasteiger partial charge in [-0.15, -0.1) is 11.8 Å². The monoisotopic (exact) mass is 153 g/mol. The van der Waals surface area contributed by atoms with Crippen molar-refractivity contribution in [3.63, 3.8) is 0 Å². The summed E-state index contributed by atoms with van der Waals surface area (Å²) < 4.78 is 1.72. The lowest BCUT2D eigenvalue weighted by atomic mass is 10.7. The van der Waals surface area contributed by atoms with Gasteiger partial charge in [-0.1, -0.05) is 0 Å². The summed E-state index contributed by atoms with van der Waals surface area (Å²) in [6.07, 6.45) is 3.64. The van der Waals surface area contributed by atoms with Crippen molar-refractivity contribution < 1.29 is 0 Å². The Kier molecular flexibility index (Phi) is 2.35. The second kappa shape index (κ2) is 3.28. The fraction of sp³-hybridized carbons (Fsp3) is 0.333. The third-order valence-corrected chi connectivity index (χ3v) is 1.80.